The second-order valence-electron chi connectivity index (χ2n) is 21.2. The molecule has 1 fully saturated rings. The van der Waals surface area contributed by atoms with Crippen LogP contribution in [0.3, 0.4) is 0 Å². The number of hydrogen-bond acceptors (Lipinski definition) is 15. The van der Waals surface area contributed by atoms with E-state index in [0.717, 1.165) is 82.9 Å². The van der Waals surface area contributed by atoms with Crippen molar-refractivity contribution in [1.29, 1.82) is 0 Å². The predicted molar refractivity (Wildman–Crippen MR) is 333 cm³/mol. The molecule has 0 radical (unpaired) electrons. The molecule has 21 heteroatoms. The maximum Gasteiger partial charge on any atom is 0.494 e. The summed E-state index contributed by atoms with van der Waals surface area (Å²) < 4.78 is 13.5. The molecule has 0 aliphatic carbocycles. The third kappa shape index (κ3) is 6.02. The van der Waals surface area contributed by atoms with Gasteiger partial charge >= 0.3 is 21.4 Å². The van der Waals surface area contributed by atoms with Crippen LogP contribution in [-0.4, -0.2) is 79.9 Å². The number of hydrogen-bond donors (Lipinski definition) is 0. The normalized spacial score (nSPS) is 14.2. The minimum absolute atomic E-state index is 0.592. The molecule has 0 bridgehead atoms. The molecule has 4 aliphatic heterocycles. The van der Waals surface area contributed by atoms with Crippen molar-refractivity contribution in [1.82, 2.24) is 58.6 Å². The fourth-order valence-electron chi connectivity index (χ4n) is 13.7. The van der Waals surface area contributed by atoms with E-state index in [1.807, 2.05) is 18.2 Å². The first-order valence-corrected chi connectivity index (χ1v) is 27.8. The van der Waals surface area contributed by atoms with Crippen LogP contribution < -0.4 is 28.6 Å². The summed E-state index contributed by atoms with van der Waals surface area (Å²) in [6, 6.07) is 69.4. The molecule has 390 valence electrons. The summed E-state index contributed by atoms with van der Waals surface area (Å²) >= 11 is 0. The minimum Gasteiger partial charge on any atom is -0.365 e. The van der Waals surface area contributed by atoms with Crippen LogP contribution in [0.4, 0.5) is 52.4 Å². The third-order valence-corrected chi connectivity index (χ3v) is 16.9. The topological polar surface area (TPSA) is 150 Å². The van der Waals surface area contributed by atoms with Crippen molar-refractivity contribution in [3.63, 3.8) is 0 Å². The lowest BCUT2D eigenvalue weighted by atomic mass is 9.56. The predicted octanol–water partition coefficient (Wildman–Crippen LogP) is 11.8. The van der Waals surface area contributed by atoms with E-state index in [1.165, 1.54) is 0 Å². The molecule has 15 aromatic rings. The van der Waals surface area contributed by atoms with E-state index in [1.54, 1.807) is 37.2 Å². The molecule has 84 heavy (non-hydrogen) atoms. The molecule has 0 atom stereocenters. The number of para-hydroxylation sites is 6. The lowest BCUT2D eigenvalue weighted by molar-refractivity contribution is 1.06. The smallest absolute Gasteiger partial charge is 0.365 e. The molecule has 0 saturated carbocycles. The molecule has 0 amide bonds. The van der Waals surface area contributed by atoms with Crippen LogP contribution in [0.1, 0.15) is 0 Å². The highest BCUT2D eigenvalue weighted by molar-refractivity contribution is 7.11. The van der Waals surface area contributed by atoms with Gasteiger partial charge in [-0.15, -0.1) is 0 Å². The summed E-state index contributed by atoms with van der Waals surface area (Å²) in [4.78, 5) is 55.0. The average Bonchev–Trinajstić information content (AvgIpc) is 1.70. The lowest BCUT2D eigenvalue weighted by Crippen LogP contribution is -2.84. The molecule has 9 aromatic heterocycles. The lowest BCUT2D eigenvalue weighted by Gasteiger charge is -2.49. The molecule has 1 saturated heterocycles. The van der Waals surface area contributed by atoms with Crippen molar-refractivity contribution in [3.05, 3.63) is 237 Å². The Morgan fingerprint density at radius 3 is 0.679 bits per heavy atom. The van der Waals surface area contributed by atoms with Gasteiger partial charge in [0, 0.05) is 69.5 Å². The van der Waals surface area contributed by atoms with Gasteiger partial charge in [0.15, 0.2) is 34.9 Å². The fourth-order valence-corrected chi connectivity index (χ4v) is 13.7. The van der Waals surface area contributed by atoms with Crippen molar-refractivity contribution in [2.24, 2.45) is 0 Å². The van der Waals surface area contributed by atoms with E-state index in [-0.39, 0.29) is 0 Å². The van der Waals surface area contributed by atoms with Crippen LogP contribution in [0.25, 0.3) is 82.9 Å². The third-order valence-electron chi connectivity index (χ3n) is 16.9. The molecule has 4 aliphatic rings. The Balaban J connectivity index is 0.856. The van der Waals surface area contributed by atoms with Gasteiger partial charge in [-0.3, -0.25) is 13.7 Å². The Kier molecular flexibility index (Phi) is 9.13. The van der Waals surface area contributed by atoms with Crippen LogP contribution in [0.15, 0.2) is 237 Å². The van der Waals surface area contributed by atoms with Crippen LogP contribution in [0.5, 0.6) is 0 Å². The van der Waals surface area contributed by atoms with Crippen molar-refractivity contribution in [2.75, 3.05) is 28.6 Å². The van der Waals surface area contributed by atoms with Crippen molar-refractivity contribution < 1.29 is 0 Å². The second-order valence-corrected chi connectivity index (χ2v) is 21.2. The van der Waals surface area contributed by atoms with Crippen LogP contribution >= 0.6 is 0 Å². The maximum absolute atomic E-state index is 5.65. The first kappa shape index (κ1) is 45.2. The monoisotopic (exact) mass is 1080 g/mol. The van der Waals surface area contributed by atoms with Crippen molar-refractivity contribution in [3.8, 4) is 17.5 Å². The molecule has 0 N–H and O–H groups in total. The van der Waals surface area contributed by atoms with Gasteiger partial charge in [0.25, 0.3) is 0 Å². The zero-order valence-electron chi connectivity index (χ0n) is 44.3. The zero-order valence-corrected chi connectivity index (χ0v) is 44.3. The summed E-state index contributed by atoms with van der Waals surface area (Å²) in [5.41, 5.74) is 6.28. The highest BCUT2D eigenvalue weighted by atomic mass is 15.6. The maximum atomic E-state index is 5.65. The van der Waals surface area contributed by atoms with Gasteiger partial charge in [0.1, 0.15) is 34.9 Å². The van der Waals surface area contributed by atoms with E-state index in [4.69, 9.17) is 44.9 Å². The number of aromatic nitrogens is 12. The van der Waals surface area contributed by atoms with Crippen molar-refractivity contribution >= 4 is 139 Å². The van der Waals surface area contributed by atoms with E-state index < -0.39 is 21.4 Å². The summed E-state index contributed by atoms with van der Waals surface area (Å²) in [5, 5.41) is 6.84. The van der Waals surface area contributed by atoms with Crippen LogP contribution in [0.2, 0.25) is 0 Å². The molecule has 19 rings (SSSR count). The van der Waals surface area contributed by atoms with Gasteiger partial charge in [-0.2, -0.15) is 0 Å². The number of pyridine rings is 3. The molecular weight excluding hydrogens is 1040 g/mol. The quantitative estimate of drug-likeness (QED) is 0.145. The molecule has 0 spiro atoms. The van der Waals surface area contributed by atoms with Crippen LogP contribution in [0, 0.1) is 0 Å². The summed E-state index contributed by atoms with van der Waals surface area (Å²) in [6.07, 6.45) is 10.5. The average molecular weight is 1080 g/mol. The Labute approximate surface area is 478 Å². The molecule has 0 unspecified atom stereocenters. The van der Waals surface area contributed by atoms with Gasteiger partial charge in [0.2, 0.25) is 0 Å². The summed E-state index contributed by atoms with van der Waals surface area (Å²) in [7, 11) is -2.27. The minimum atomic E-state index is -0.757. The largest absolute Gasteiger partial charge is 0.494 e. The zero-order chi connectivity index (χ0) is 54.7. The highest BCUT2D eigenvalue weighted by Crippen LogP contribution is 2.55. The van der Waals surface area contributed by atoms with Gasteiger partial charge in [-0.05, 0) is 72.8 Å². The molecular formula is C63H39B3N18. The molecule has 18 nitrogen and oxygen atoms in total. The fraction of sp³-hybridized carbons (Fsp3) is 0. The van der Waals surface area contributed by atoms with Gasteiger partial charge in [-0.1, -0.05) is 127 Å². The number of benzene rings is 6. The van der Waals surface area contributed by atoms with Gasteiger partial charge in [-0.25, -0.2) is 44.9 Å². The summed E-state index contributed by atoms with van der Waals surface area (Å²) in [6.45, 7) is 0. The standard InChI is InChI=1S/C63H39B3N18/c1-7-22-46-40(16-1)41-17-2-8-23-47(41)76(46)52-28-13-31-55(73-52)79-58-61(70-37-34-67-58)82-64(79)83-62-59(68-35-38-71-62)80(56-32-14-29-53(74-56)77-48-24-9-3-18-42(48)43-19-4-10-25-49(43)77)66(83)84-63-60(69-36-39-72-63)81(65(82)84)57-33-15-30-54(75-57)78-50-26-11-5-20-44(50)45-21-6-12-27-51(45)78/h1-39H. The summed E-state index contributed by atoms with van der Waals surface area (Å²) in [5.74, 6) is 7.72. The Morgan fingerprint density at radius 2 is 0.429 bits per heavy atom. The highest BCUT2D eigenvalue weighted by Gasteiger charge is 2.72. The van der Waals surface area contributed by atoms with Gasteiger partial charge in [0.05, 0.1) is 33.1 Å². The Morgan fingerprint density at radius 1 is 0.214 bits per heavy atom. The van der Waals surface area contributed by atoms with Crippen LogP contribution in [-0.2, 0) is 0 Å². The molecule has 13 heterocycles. The van der Waals surface area contributed by atoms with E-state index in [2.05, 4.69) is 224 Å². The number of rotatable bonds is 6. The van der Waals surface area contributed by atoms with E-state index in [9.17, 15) is 0 Å². The van der Waals surface area contributed by atoms with E-state index >= 15 is 0 Å². The van der Waals surface area contributed by atoms with Gasteiger partial charge < -0.3 is 28.6 Å². The Bertz CT molecular complexity index is 4580. The first-order valence-electron chi connectivity index (χ1n) is 27.8. The first-order chi connectivity index (χ1) is 41.7. The number of fused-ring (bicyclic) bond motifs is 21. The molecule has 6 aromatic carbocycles. The SMILES string of the molecule is c1cc(N2B3N(B4N(B5N3c3nccnc3N5c3cccc(-n5c6ccccc6c6ccccc65)n3)c3nccnc3N4c3cccc(-n4c5ccccc5c5ccccc54)n3)c3nccnc32)nc(-n2c3ccccc3c3ccccc32)c1. The number of nitrogens with zero attached hydrogens (tertiary/aromatic N) is 18. The van der Waals surface area contributed by atoms with E-state index in [0.29, 0.717) is 52.4 Å². The van der Waals surface area contributed by atoms with Crippen molar-refractivity contribution in [2.45, 2.75) is 0 Å². The second kappa shape index (κ2) is 17.0. The Hall–Kier alpha value is -11.6. The number of anilines is 9.